The van der Waals surface area contributed by atoms with Gasteiger partial charge < -0.3 is 9.22 Å². The summed E-state index contributed by atoms with van der Waals surface area (Å²) >= 11 is 0. The molecule has 0 aromatic heterocycles. The van der Waals surface area contributed by atoms with E-state index in [2.05, 4.69) is 31.3 Å². The Morgan fingerprint density at radius 1 is 1.24 bits per heavy atom. The van der Waals surface area contributed by atoms with Gasteiger partial charge in [0.1, 0.15) is 11.6 Å². The number of fused-ring (bicyclic) bond motifs is 1. The van der Waals surface area contributed by atoms with Crippen LogP contribution in [0.15, 0.2) is 24.3 Å². The van der Waals surface area contributed by atoms with Gasteiger partial charge in [-0.05, 0) is 32.8 Å². The first-order valence-electron chi connectivity index (χ1n) is 7.97. The van der Waals surface area contributed by atoms with E-state index in [1.54, 1.807) is 0 Å². The zero-order valence-electron chi connectivity index (χ0n) is 13.6. The molecule has 1 aromatic rings. The molecule has 1 saturated heterocycles. The first-order valence-corrected chi connectivity index (χ1v) is 7.97. The van der Waals surface area contributed by atoms with Crippen molar-refractivity contribution in [1.82, 2.24) is 0 Å². The maximum Gasteiger partial charge on any atom is 0.365 e. The molecule has 0 unspecified atom stereocenters. The fraction of sp³-hybridized carbons (Fsp3) is 0.611. The van der Waals surface area contributed by atoms with Crippen LogP contribution in [0.4, 0.5) is 0 Å². The molecule has 2 aliphatic rings. The minimum Gasteiger partial charge on any atom is -0.456 e. The zero-order valence-corrected chi connectivity index (χ0v) is 13.6. The number of quaternary nitrogens is 1. The minimum atomic E-state index is -0.398. The van der Waals surface area contributed by atoms with E-state index < -0.39 is 5.60 Å². The van der Waals surface area contributed by atoms with Gasteiger partial charge in [0.05, 0.1) is 20.0 Å². The molecule has 3 heteroatoms. The maximum absolute atomic E-state index is 12.5. The van der Waals surface area contributed by atoms with Crippen molar-refractivity contribution in [1.29, 1.82) is 0 Å². The smallest absolute Gasteiger partial charge is 0.365 e. The lowest BCUT2D eigenvalue weighted by molar-refractivity contribution is -0.990. The van der Waals surface area contributed by atoms with E-state index in [-0.39, 0.29) is 12.0 Å². The Kier molecular flexibility index (Phi) is 3.36. The van der Waals surface area contributed by atoms with E-state index in [4.69, 9.17) is 4.74 Å². The summed E-state index contributed by atoms with van der Waals surface area (Å²) in [6.45, 7) is 6.90. The highest BCUT2D eigenvalue weighted by molar-refractivity contribution is 5.75. The average molecular weight is 288 g/mol. The van der Waals surface area contributed by atoms with Crippen LogP contribution in [0.1, 0.15) is 50.8 Å². The third kappa shape index (κ3) is 2.48. The van der Waals surface area contributed by atoms with Gasteiger partial charge in [-0.15, -0.1) is 0 Å². The summed E-state index contributed by atoms with van der Waals surface area (Å²) in [5.74, 6) is -0.0272. The van der Waals surface area contributed by atoms with Crippen molar-refractivity contribution < 1.29 is 14.0 Å². The fourth-order valence-corrected chi connectivity index (χ4v) is 3.91. The normalized spacial score (nSPS) is 31.4. The number of rotatable bonds is 2. The molecule has 0 saturated carbocycles. The number of nitrogens with zero attached hydrogens (tertiary/aromatic N) is 1. The molecular formula is C18H26NO2+. The molecule has 1 aliphatic carbocycles. The Morgan fingerprint density at radius 2 is 1.95 bits per heavy atom. The summed E-state index contributed by atoms with van der Waals surface area (Å²) in [7, 11) is 2.23. The van der Waals surface area contributed by atoms with Crippen molar-refractivity contribution in [3.8, 4) is 0 Å². The number of esters is 1. The topological polar surface area (TPSA) is 26.3 Å². The molecule has 0 spiro atoms. The fourth-order valence-electron chi connectivity index (χ4n) is 3.91. The number of benzene rings is 1. The highest BCUT2D eigenvalue weighted by atomic mass is 16.6. The third-order valence-electron chi connectivity index (χ3n) is 5.09. The third-order valence-corrected chi connectivity index (χ3v) is 5.09. The van der Waals surface area contributed by atoms with Crippen LogP contribution in [-0.2, 0) is 16.0 Å². The minimum absolute atomic E-state index is 0.000353. The highest BCUT2D eigenvalue weighted by Gasteiger charge is 2.55. The largest absolute Gasteiger partial charge is 0.456 e. The molecule has 0 amide bonds. The maximum atomic E-state index is 12.5. The molecule has 3 rings (SSSR count). The summed E-state index contributed by atoms with van der Waals surface area (Å²) in [6.07, 6.45) is 3.23. The summed E-state index contributed by atoms with van der Waals surface area (Å²) in [5, 5.41) is 0. The molecule has 1 aromatic carbocycles. The van der Waals surface area contributed by atoms with Crippen LogP contribution in [-0.4, -0.2) is 35.7 Å². The Labute approximate surface area is 127 Å². The molecule has 1 heterocycles. The van der Waals surface area contributed by atoms with Gasteiger partial charge in [0, 0.05) is 12.0 Å². The standard InChI is InChI=1S/C18H26NO2/c1-18(2,3)21-17(20)16-11-12-19(16,4)15-10-9-13-7-5-6-8-14(13)15/h5-8,15-16H,9-12H2,1-4H3/q+1/t15-,16+,19+/m1/s1. The van der Waals surface area contributed by atoms with Crippen LogP contribution in [0.5, 0.6) is 0 Å². The average Bonchev–Trinajstić information content (AvgIpc) is 2.78. The molecule has 1 aliphatic heterocycles. The summed E-state index contributed by atoms with van der Waals surface area (Å²) in [6, 6.07) is 9.15. The van der Waals surface area contributed by atoms with E-state index >= 15 is 0 Å². The molecule has 21 heavy (non-hydrogen) atoms. The number of likely N-dealkylation sites (N-methyl/N-ethyl adjacent to an activating group) is 1. The molecule has 3 nitrogen and oxygen atoms in total. The molecule has 3 atom stereocenters. The summed E-state index contributed by atoms with van der Waals surface area (Å²) in [5.41, 5.74) is 2.50. The Bertz CT molecular complexity index is 561. The summed E-state index contributed by atoms with van der Waals surface area (Å²) < 4.78 is 6.46. The van der Waals surface area contributed by atoms with Gasteiger partial charge >= 0.3 is 5.97 Å². The van der Waals surface area contributed by atoms with Crippen molar-refractivity contribution >= 4 is 5.97 Å². The summed E-state index contributed by atoms with van der Waals surface area (Å²) in [4.78, 5) is 12.5. The lowest BCUT2D eigenvalue weighted by Crippen LogP contribution is -2.67. The lowest BCUT2D eigenvalue weighted by Gasteiger charge is -2.52. The van der Waals surface area contributed by atoms with Gasteiger partial charge in [-0.3, -0.25) is 0 Å². The molecular weight excluding hydrogens is 262 g/mol. The predicted molar refractivity (Wildman–Crippen MR) is 82.8 cm³/mol. The number of hydrogen-bond donors (Lipinski definition) is 0. The zero-order chi connectivity index (χ0) is 15.3. The van der Waals surface area contributed by atoms with Gasteiger partial charge in [-0.1, -0.05) is 24.3 Å². The molecule has 114 valence electrons. The van der Waals surface area contributed by atoms with Crippen LogP contribution in [0.3, 0.4) is 0 Å². The van der Waals surface area contributed by atoms with Crippen molar-refractivity contribution in [3.63, 3.8) is 0 Å². The van der Waals surface area contributed by atoms with Crippen LogP contribution in [0.2, 0.25) is 0 Å². The lowest BCUT2D eigenvalue weighted by atomic mass is 9.91. The number of carbonyl (C=O) groups is 1. The number of hydrogen-bond acceptors (Lipinski definition) is 2. The highest BCUT2D eigenvalue weighted by Crippen LogP contribution is 2.46. The van der Waals surface area contributed by atoms with E-state index in [0.717, 1.165) is 30.3 Å². The van der Waals surface area contributed by atoms with Crippen molar-refractivity contribution in [3.05, 3.63) is 35.4 Å². The number of likely N-dealkylation sites (tertiary alicyclic amines) is 1. The van der Waals surface area contributed by atoms with E-state index in [1.165, 1.54) is 11.1 Å². The number of ether oxygens (including phenoxy) is 1. The van der Waals surface area contributed by atoms with Crippen molar-refractivity contribution in [2.75, 3.05) is 13.6 Å². The van der Waals surface area contributed by atoms with Crippen molar-refractivity contribution in [2.24, 2.45) is 0 Å². The van der Waals surface area contributed by atoms with E-state index in [0.29, 0.717) is 6.04 Å². The molecule has 0 N–H and O–H groups in total. The van der Waals surface area contributed by atoms with Gasteiger partial charge in [0.2, 0.25) is 0 Å². The van der Waals surface area contributed by atoms with Gasteiger partial charge in [-0.2, -0.15) is 0 Å². The SMILES string of the molecule is CC(C)(C)OC(=O)[C@@H]1CC[N@@+]1(C)[C@@H]1CCc2ccccc21. The number of aryl methyl sites for hydroxylation is 1. The Morgan fingerprint density at radius 3 is 2.57 bits per heavy atom. The number of carbonyl (C=O) groups excluding carboxylic acids is 1. The molecule has 0 bridgehead atoms. The Balaban J connectivity index is 1.81. The van der Waals surface area contributed by atoms with Crippen LogP contribution >= 0.6 is 0 Å². The van der Waals surface area contributed by atoms with Gasteiger partial charge in [0.15, 0.2) is 6.04 Å². The first-order chi connectivity index (χ1) is 9.81. The second kappa shape index (κ2) is 4.84. The monoisotopic (exact) mass is 288 g/mol. The van der Waals surface area contributed by atoms with Crippen molar-refractivity contribution in [2.45, 2.75) is 57.7 Å². The predicted octanol–water partition coefficient (Wildman–Crippen LogP) is 3.23. The van der Waals surface area contributed by atoms with Crippen LogP contribution in [0.25, 0.3) is 0 Å². The van der Waals surface area contributed by atoms with Gasteiger partial charge in [-0.25, -0.2) is 4.79 Å². The Hall–Kier alpha value is -1.35. The first kappa shape index (κ1) is 14.6. The quantitative estimate of drug-likeness (QED) is 0.617. The second-order valence-electron chi connectivity index (χ2n) is 7.66. The van der Waals surface area contributed by atoms with Crippen LogP contribution < -0.4 is 0 Å². The van der Waals surface area contributed by atoms with Crippen LogP contribution in [0, 0.1) is 0 Å². The van der Waals surface area contributed by atoms with Gasteiger partial charge in [0.25, 0.3) is 0 Å². The van der Waals surface area contributed by atoms with E-state index in [9.17, 15) is 4.79 Å². The molecule has 1 fully saturated rings. The van der Waals surface area contributed by atoms with E-state index in [1.807, 2.05) is 20.8 Å². The second-order valence-corrected chi connectivity index (χ2v) is 7.66. The molecule has 0 radical (unpaired) electrons.